The van der Waals surface area contributed by atoms with Crippen molar-refractivity contribution in [3.63, 3.8) is 0 Å². The van der Waals surface area contributed by atoms with Crippen LogP contribution in [0.1, 0.15) is 28.2 Å². The van der Waals surface area contributed by atoms with Crippen molar-refractivity contribution in [1.82, 2.24) is 0 Å². The third kappa shape index (κ3) is 4.01. The summed E-state index contributed by atoms with van der Waals surface area (Å²) in [5, 5.41) is 8.53. The van der Waals surface area contributed by atoms with E-state index in [2.05, 4.69) is 19.9 Å². The highest BCUT2D eigenvalue weighted by Crippen LogP contribution is 2.22. The highest BCUT2D eigenvalue weighted by atomic mass is 32.1. The molecule has 4 heteroatoms. The van der Waals surface area contributed by atoms with Gasteiger partial charge in [-0.1, -0.05) is 0 Å². The smallest absolute Gasteiger partial charge is 0.303 e. The summed E-state index contributed by atoms with van der Waals surface area (Å²) in [6, 6.07) is 2.09. The fraction of sp³-hybridized carbons (Fsp3) is 0.545. The van der Waals surface area contributed by atoms with Crippen molar-refractivity contribution in [3.8, 4) is 0 Å². The van der Waals surface area contributed by atoms with Gasteiger partial charge in [-0.15, -0.1) is 11.3 Å². The van der Waals surface area contributed by atoms with Crippen molar-refractivity contribution in [2.45, 2.75) is 39.2 Å². The maximum atomic E-state index is 10.4. The van der Waals surface area contributed by atoms with Gasteiger partial charge in [-0.05, 0) is 38.3 Å². The maximum Gasteiger partial charge on any atom is 0.303 e. The number of carboxylic acid groups (broad SMARTS) is 1. The summed E-state index contributed by atoms with van der Waals surface area (Å²) in [6.45, 7) is 4.15. The number of aryl methyl sites for hydroxylation is 2. The van der Waals surface area contributed by atoms with Crippen LogP contribution in [-0.4, -0.2) is 17.1 Å². The highest BCUT2D eigenvalue weighted by molar-refractivity contribution is 7.12. The molecule has 0 radical (unpaired) electrons. The van der Waals surface area contributed by atoms with E-state index < -0.39 is 5.97 Å². The van der Waals surface area contributed by atoms with Crippen LogP contribution in [0, 0.1) is 13.8 Å². The lowest BCUT2D eigenvalue weighted by molar-refractivity contribution is -0.137. The van der Waals surface area contributed by atoms with Gasteiger partial charge in [0, 0.05) is 22.2 Å². The normalized spacial score (nSPS) is 12.7. The second kappa shape index (κ2) is 5.28. The Morgan fingerprint density at radius 2 is 2.27 bits per heavy atom. The molecule has 1 aromatic heterocycles. The summed E-state index contributed by atoms with van der Waals surface area (Å²) >= 11 is 1.76. The van der Waals surface area contributed by atoms with Crippen LogP contribution >= 0.6 is 11.3 Å². The Morgan fingerprint density at radius 1 is 1.60 bits per heavy atom. The molecule has 1 heterocycles. The average molecular weight is 227 g/mol. The molecule has 1 atom stereocenters. The van der Waals surface area contributed by atoms with Gasteiger partial charge in [0.05, 0.1) is 0 Å². The predicted molar refractivity (Wildman–Crippen MR) is 62.3 cm³/mol. The first-order chi connectivity index (χ1) is 6.99. The Labute approximate surface area is 93.9 Å². The molecule has 0 bridgehead atoms. The first-order valence-corrected chi connectivity index (χ1v) is 5.84. The first kappa shape index (κ1) is 12.2. The van der Waals surface area contributed by atoms with Crippen LogP contribution in [0.3, 0.4) is 0 Å². The zero-order valence-corrected chi connectivity index (χ0v) is 9.93. The molecule has 0 aliphatic carbocycles. The fourth-order valence-corrected chi connectivity index (χ4v) is 2.54. The van der Waals surface area contributed by atoms with Crippen molar-refractivity contribution in [2.75, 3.05) is 0 Å². The molecule has 3 N–H and O–H groups in total. The fourth-order valence-electron chi connectivity index (χ4n) is 1.58. The zero-order chi connectivity index (χ0) is 11.4. The van der Waals surface area contributed by atoms with Gasteiger partial charge >= 0.3 is 5.97 Å². The molecular formula is C11H17NO2S. The van der Waals surface area contributed by atoms with Crippen LogP contribution in [-0.2, 0) is 11.2 Å². The molecule has 0 aliphatic rings. The Hall–Kier alpha value is -0.870. The number of nitrogens with two attached hydrogens (primary N) is 1. The van der Waals surface area contributed by atoms with Crippen LogP contribution in [0.5, 0.6) is 0 Å². The topological polar surface area (TPSA) is 63.3 Å². The van der Waals surface area contributed by atoms with Gasteiger partial charge in [-0.3, -0.25) is 4.79 Å². The molecule has 0 aromatic carbocycles. The third-order valence-corrected chi connectivity index (χ3v) is 3.36. The lowest BCUT2D eigenvalue weighted by Gasteiger charge is -2.09. The van der Waals surface area contributed by atoms with Crippen molar-refractivity contribution in [3.05, 3.63) is 21.4 Å². The molecule has 15 heavy (non-hydrogen) atoms. The molecule has 1 aromatic rings. The number of hydrogen-bond acceptors (Lipinski definition) is 3. The van der Waals surface area contributed by atoms with Crippen LogP contribution in [0.15, 0.2) is 6.07 Å². The van der Waals surface area contributed by atoms with E-state index in [1.807, 2.05) is 0 Å². The predicted octanol–water partition coefficient (Wildman–Crippen LogP) is 2.10. The lowest BCUT2D eigenvalue weighted by atomic mass is 10.0. The number of carbonyl (C=O) groups is 1. The van der Waals surface area contributed by atoms with Crippen LogP contribution in [0.25, 0.3) is 0 Å². The number of thiophene rings is 1. The SMILES string of the molecule is Cc1cc(CC(N)CCC(=O)O)c(C)s1. The molecule has 0 spiro atoms. The van der Waals surface area contributed by atoms with Gasteiger partial charge < -0.3 is 10.8 Å². The molecule has 0 saturated carbocycles. The average Bonchev–Trinajstić information content (AvgIpc) is 2.42. The highest BCUT2D eigenvalue weighted by Gasteiger charge is 2.10. The molecule has 84 valence electrons. The van der Waals surface area contributed by atoms with Gasteiger partial charge in [0.25, 0.3) is 0 Å². The molecule has 1 unspecified atom stereocenters. The van der Waals surface area contributed by atoms with Gasteiger partial charge in [0.15, 0.2) is 0 Å². The summed E-state index contributed by atoms with van der Waals surface area (Å²) in [6.07, 6.45) is 1.48. The molecule has 0 fully saturated rings. The van der Waals surface area contributed by atoms with Gasteiger partial charge in [0.2, 0.25) is 0 Å². The quantitative estimate of drug-likeness (QED) is 0.809. The van der Waals surface area contributed by atoms with Gasteiger partial charge in [-0.25, -0.2) is 0 Å². The number of carboxylic acids is 1. The van der Waals surface area contributed by atoms with Crippen molar-refractivity contribution < 1.29 is 9.90 Å². The third-order valence-electron chi connectivity index (χ3n) is 2.35. The monoisotopic (exact) mass is 227 g/mol. The Bertz CT molecular complexity index is 346. The van der Waals surface area contributed by atoms with Crippen LogP contribution in [0.2, 0.25) is 0 Å². The molecule has 0 aliphatic heterocycles. The van der Waals surface area contributed by atoms with E-state index >= 15 is 0 Å². The second-order valence-electron chi connectivity index (χ2n) is 3.84. The summed E-state index contributed by atoms with van der Waals surface area (Å²) in [5.74, 6) is -0.774. The van der Waals surface area contributed by atoms with E-state index in [1.165, 1.54) is 15.3 Å². The van der Waals surface area contributed by atoms with Crippen molar-refractivity contribution in [1.29, 1.82) is 0 Å². The summed E-state index contributed by atoms with van der Waals surface area (Å²) < 4.78 is 0. The maximum absolute atomic E-state index is 10.4. The Balaban J connectivity index is 2.47. The summed E-state index contributed by atoms with van der Waals surface area (Å²) in [7, 11) is 0. The van der Waals surface area contributed by atoms with E-state index in [1.54, 1.807) is 11.3 Å². The Morgan fingerprint density at radius 3 is 2.73 bits per heavy atom. The van der Waals surface area contributed by atoms with Gasteiger partial charge in [0.1, 0.15) is 0 Å². The second-order valence-corrected chi connectivity index (χ2v) is 5.30. The van der Waals surface area contributed by atoms with Gasteiger partial charge in [-0.2, -0.15) is 0 Å². The minimum atomic E-state index is -0.774. The van der Waals surface area contributed by atoms with E-state index in [0.717, 1.165) is 6.42 Å². The largest absolute Gasteiger partial charge is 0.481 e. The number of hydrogen-bond donors (Lipinski definition) is 2. The molecule has 1 rings (SSSR count). The van der Waals surface area contributed by atoms with E-state index in [0.29, 0.717) is 6.42 Å². The lowest BCUT2D eigenvalue weighted by Crippen LogP contribution is -2.23. The molecule has 0 saturated heterocycles. The van der Waals surface area contributed by atoms with Crippen molar-refractivity contribution >= 4 is 17.3 Å². The van der Waals surface area contributed by atoms with Crippen LogP contribution < -0.4 is 5.73 Å². The van der Waals surface area contributed by atoms with E-state index in [-0.39, 0.29) is 12.5 Å². The molecule has 3 nitrogen and oxygen atoms in total. The van der Waals surface area contributed by atoms with Crippen LogP contribution in [0.4, 0.5) is 0 Å². The van der Waals surface area contributed by atoms with Crippen molar-refractivity contribution in [2.24, 2.45) is 5.73 Å². The summed E-state index contributed by atoms with van der Waals surface area (Å²) in [4.78, 5) is 12.9. The number of rotatable bonds is 5. The summed E-state index contributed by atoms with van der Waals surface area (Å²) in [5.41, 5.74) is 7.13. The van der Waals surface area contributed by atoms with E-state index in [4.69, 9.17) is 10.8 Å². The molecule has 0 amide bonds. The first-order valence-electron chi connectivity index (χ1n) is 5.02. The standard InChI is InChI=1S/C11H17NO2S/c1-7-5-9(8(2)15-7)6-10(12)3-4-11(13)14/h5,10H,3-4,6,12H2,1-2H3,(H,13,14). The minimum Gasteiger partial charge on any atom is -0.481 e. The minimum absolute atomic E-state index is 0.0474. The Kier molecular flexibility index (Phi) is 4.29. The molecular weight excluding hydrogens is 210 g/mol. The zero-order valence-electron chi connectivity index (χ0n) is 9.12. The van der Waals surface area contributed by atoms with E-state index in [9.17, 15) is 4.79 Å². The number of aliphatic carboxylic acids is 1.